The van der Waals surface area contributed by atoms with Gasteiger partial charge >= 0.3 is 0 Å². The Bertz CT molecular complexity index is 341. The molecule has 0 aliphatic rings. The van der Waals surface area contributed by atoms with E-state index in [1.165, 1.54) is 11.3 Å². The number of amides is 1. The molecular formula is C9H14BrClN2OS. The lowest BCUT2D eigenvalue weighted by Crippen LogP contribution is -2.48. The van der Waals surface area contributed by atoms with Gasteiger partial charge in [0.05, 0.1) is 0 Å². The minimum atomic E-state index is -0.361. The fourth-order valence-corrected chi connectivity index (χ4v) is 2.32. The van der Waals surface area contributed by atoms with E-state index in [1.807, 2.05) is 25.3 Å². The molecule has 0 aliphatic carbocycles. The molecule has 0 saturated heterocycles. The van der Waals surface area contributed by atoms with Crippen molar-refractivity contribution in [2.75, 3.05) is 6.54 Å². The summed E-state index contributed by atoms with van der Waals surface area (Å²) in [6.45, 7) is 4.21. The first-order valence-corrected chi connectivity index (χ1v) is 5.89. The second-order valence-corrected chi connectivity index (χ2v) is 5.41. The molecule has 0 bridgehead atoms. The third-order valence-electron chi connectivity index (χ3n) is 1.79. The van der Waals surface area contributed by atoms with Crippen molar-refractivity contribution in [3.8, 4) is 0 Å². The molecule has 86 valence electrons. The zero-order valence-electron chi connectivity index (χ0n) is 8.54. The predicted octanol–water partition coefficient (Wildman–Crippen LogP) is 2.40. The standard InChI is InChI=1S/C9H13BrN2OS.ClH/c1-9(2,5-11)12-8(13)7-6(10)3-4-14-7;/h3-4H,5,11H2,1-2H3,(H,12,13);1H. The van der Waals surface area contributed by atoms with E-state index in [-0.39, 0.29) is 23.9 Å². The fourth-order valence-electron chi connectivity index (χ4n) is 0.871. The van der Waals surface area contributed by atoms with Crippen LogP contribution in [0.3, 0.4) is 0 Å². The molecule has 3 nitrogen and oxygen atoms in total. The molecule has 0 fully saturated rings. The number of halogens is 2. The average molecular weight is 314 g/mol. The van der Waals surface area contributed by atoms with Crippen molar-refractivity contribution in [2.45, 2.75) is 19.4 Å². The molecule has 0 aromatic carbocycles. The predicted molar refractivity (Wildman–Crippen MR) is 69.9 cm³/mol. The first-order valence-electron chi connectivity index (χ1n) is 4.22. The summed E-state index contributed by atoms with van der Waals surface area (Å²) in [7, 11) is 0. The van der Waals surface area contributed by atoms with Gasteiger partial charge in [-0.1, -0.05) is 0 Å². The number of thiophene rings is 1. The summed E-state index contributed by atoms with van der Waals surface area (Å²) >= 11 is 4.72. The number of rotatable bonds is 3. The first kappa shape index (κ1) is 14.9. The molecule has 1 amide bonds. The topological polar surface area (TPSA) is 55.1 Å². The van der Waals surface area contributed by atoms with E-state index in [4.69, 9.17) is 5.73 Å². The van der Waals surface area contributed by atoms with Crippen molar-refractivity contribution in [2.24, 2.45) is 5.73 Å². The summed E-state index contributed by atoms with van der Waals surface area (Å²) in [6, 6.07) is 1.86. The van der Waals surface area contributed by atoms with E-state index >= 15 is 0 Å². The Balaban J connectivity index is 0.00000196. The Labute approximate surface area is 108 Å². The van der Waals surface area contributed by atoms with Crippen molar-refractivity contribution in [3.05, 3.63) is 20.8 Å². The van der Waals surface area contributed by atoms with Gasteiger partial charge in [0.25, 0.3) is 5.91 Å². The van der Waals surface area contributed by atoms with E-state index in [0.717, 1.165) is 4.47 Å². The molecule has 1 aromatic heterocycles. The highest BCUT2D eigenvalue weighted by atomic mass is 79.9. The van der Waals surface area contributed by atoms with Crippen molar-refractivity contribution < 1.29 is 4.79 Å². The molecule has 0 atom stereocenters. The van der Waals surface area contributed by atoms with Crippen LogP contribution in [0.1, 0.15) is 23.5 Å². The Kier molecular flexibility index (Phi) is 5.80. The number of hydrogen-bond donors (Lipinski definition) is 2. The zero-order valence-corrected chi connectivity index (χ0v) is 11.8. The van der Waals surface area contributed by atoms with Crippen LogP contribution < -0.4 is 11.1 Å². The molecule has 0 saturated carbocycles. The maximum atomic E-state index is 11.7. The second kappa shape index (κ2) is 5.84. The summed E-state index contributed by atoms with van der Waals surface area (Å²) in [5.41, 5.74) is 5.16. The monoisotopic (exact) mass is 312 g/mol. The minimum Gasteiger partial charge on any atom is -0.345 e. The molecule has 3 N–H and O–H groups in total. The lowest BCUT2D eigenvalue weighted by atomic mass is 10.1. The van der Waals surface area contributed by atoms with E-state index in [0.29, 0.717) is 11.4 Å². The van der Waals surface area contributed by atoms with Gasteiger partial charge in [-0.2, -0.15) is 0 Å². The number of nitrogens with two attached hydrogens (primary N) is 1. The van der Waals surface area contributed by atoms with Crippen LogP contribution in [-0.4, -0.2) is 18.0 Å². The molecule has 0 spiro atoms. The van der Waals surface area contributed by atoms with Crippen LogP contribution >= 0.6 is 39.7 Å². The van der Waals surface area contributed by atoms with Gasteiger partial charge in [-0.05, 0) is 41.2 Å². The number of hydrogen-bond acceptors (Lipinski definition) is 3. The Hall–Kier alpha value is -0.100. The average Bonchev–Trinajstić information content (AvgIpc) is 2.51. The minimum absolute atomic E-state index is 0. The normalized spacial score (nSPS) is 10.7. The highest BCUT2D eigenvalue weighted by Gasteiger charge is 2.21. The summed E-state index contributed by atoms with van der Waals surface area (Å²) < 4.78 is 0.827. The molecule has 1 rings (SSSR count). The molecule has 15 heavy (non-hydrogen) atoms. The number of carbonyl (C=O) groups is 1. The Morgan fingerprint density at radius 3 is 2.67 bits per heavy atom. The SMILES string of the molecule is CC(C)(CN)NC(=O)c1sccc1Br.Cl. The molecule has 1 heterocycles. The Morgan fingerprint density at radius 2 is 2.27 bits per heavy atom. The molecule has 0 unspecified atom stereocenters. The maximum Gasteiger partial charge on any atom is 0.262 e. The smallest absolute Gasteiger partial charge is 0.262 e. The van der Waals surface area contributed by atoms with Gasteiger partial charge < -0.3 is 11.1 Å². The molecule has 1 aromatic rings. The first-order chi connectivity index (χ1) is 6.46. The van der Waals surface area contributed by atoms with Crippen LogP contribution in [0.5, 0.6) is 0 Å². The van der Waals surface area contributed by atoms with Gasteiger partial charge in [0.15, 0.2) is 0 Å². The largest absolute Gasteiger partial charge is 0.345 e. The quantitative estimate of drug-likeness (QED) is 0.900. The van der Waals surface area contributed by atoms with Crippen LogP contribution in [0.2, 0.25) is 0 Å². The summed E-state index contributed by atoms with van der Waals surface area (Å²) in [6.07, 6.45) is 0. The zero-order chi connectivity index (χ0) is 10.8. The molecule has 0 aliphatic heterocycles. The van der Waals surface area contributed by atoms with E-state index in [1.54, 1.807) is 0 Å². The highest BCUT2D eigenvalue weighted by Crippen LogP contribution is 2.22. The summed E-state index contributed by atoms with van der Waals surface area (Å²) in [5, 5.41) is 4.74. The van der Waals surface area contributed by atoms with Crippen LogP contribution in [-0.2, 0) is 0 Å². The van der Waals surface area contributed by atoms with Crippen molar-refractivity contribution in [1.29, 1.82) is 0 Å². The van der Waals surface area contributed by atoms with Crippen molar-refractivity contribution in [3.63, 3.8) is 0 Å². The number of carbonyl (C=O) groups excluding carboxylic acids is 1. The molecule has 0 radical (unpaired) electrons. The van der Waals surface area contributed by atoms with E-state index in [2.05, 4.69) is 21.2 Å². The van der Waals surface area contributed by atoms with Gasteiger partial charge in [0.2, 0.25) is 0 Å². The van der Waals surface area contributed by atoms with E-state index < -0.39 is 0 Å². The highest BCUT2D eigenvalue weighted by molar-refractivity contribution is 9.10. The van der Waals surface area contributed by atoms with Gasteiger partial charge in [0, 0.05) is 16.6 Å². The van der Waals surface area contributed by atoms with Crippen LogP contribution in [0.4, 0.5) is 0 Å². The molecule has 6 heteroatoms. The molecular weight excluding hydrogens is 300 g/mol. The maximum absolute atomic E-state index is 11.7. The van der Waals surface area contributed by atoms with Crippen LogP contribution in [0.15, 0.2) is 15.9 Å². The lowest BCUT2D eigenvalue weighted by molar-refractivity contribution is 0.0919. The van der Waals surface area contributed by atoms with E-state index in [9.17, 15) is 4.79 Å². The number of nitrogens with one attached hydrogen (secondary N) is 1. The van der Waals surface area contributed by atoms with Gasteiger partial charge in [-0.15, -0.1) is 23.7 Å². The third-order valence-corrected chi connectivity index (χ3v) is 3.62. The second-order valence-electron chi connectivity index (χ2n) is 3.64. The summed E-state index contributed by atoms with van der Waals surface area (Å²) in [5.74, 6) is -0.0812. The fraction of sp³-hybridized carbons (Fsp3) is 0.444. The van der Waals surface area contributed by atoms with Crippen LogP contribution in [0, 0.1) is 0 Å². The van der Waals surface area contributed by atoms with Gasteiger partial charge in [-0.25, -0.2) is 0 Å². The van der Waals surface area contributed by atoms with Gasteiger partial charge in [0.1, 0.15) is 4.88 Å². The summed E-state index contributed by atoms with van der Waals surface area (Å²) in [4.78, 5) is 12.4. The Morgan fingerprint density at radius 1 is 1.67 bits per heavy atom. The lowest BCUT2D eigenvalue weighted by Gasteiger charge is -2.23. The van der Waals surface area contributed by atoms with Gasteiger partial charge in [-0.3, -0.25) is 4.79 Å². The van der Waals surface area contributed by atoms with Crippen LogP contribution in [0.25, 0.3) is 0 Å². The van der Waals surface area contributed by atoms with Crippen molar-refractivity contribution >= 4 is 45.6 Å². The van der Waals surface area contributed by atoms with Crippen molar-refractivity contribution in [1.82, 2.24) is 5.32 Å². The third kappa shape index (κ3) is 4.10.